The third-order valence-corrected chi connectivity index (χ3v) is 2.62. The molecule has 0 saturated heterocycles. The normalized spacial score (nSPS) is 15.1. The predicted molar refractivity (Wildman–Crippen MR) is 59.2 cm³/mol. The minimum Gasteiger partial charge on any atom is -0.493 e. The lowest BCUT2D eigenvalue weighted by Gasteiger charge is -2.14. The van der Waals surface area contributed by atoms with E-state index in [1.54, 1.807) is 6.92 Å². The van der Waals surface area contributed by atoms with Gasteiger partial charge in [0.05, 0.1) is 13.2 Å². The van der Waals surface area contributed by atoms with Gasteiger partial charge in [-0.25, -0.2) is 4.79 Å². The van der Waals surface area contributed by atoms with E-state index < -0.39 is 12.0 Å². The third-order valence-electron chi connectivity index (χ3n) is 2.62. The first-order valence-corrected chi connectivity index (χ1v) is 5.41. The summed E-state index contributed by atoms with van der Waals surface area (Å²) in [6, 6.07) is 4.94. The molecule has 1 aliphatic rings. The van der Waals surface area contributed by atoms with Crippen molar-refractivity contribution in [2.24, 2.45) is 5.73 Å². The number of carbonyl (C=O) groups is 1. The van der Waals surface area contributed by atoms with Crippen molar-refractivity contribution in [1.29, 1.82) is 0 Å². The molecule has 0 fully saturated rings. The van der Waals surface area contributed by atoms with Crippen molar-refractivity contribution in [3.8, 4) is 5.75 Å². The van der Waals surface area contributed by atoms with E-state index in [1.807, 2.05) is 18.2 Å². The van der Waals surface area contributed by atoms with Crippen LogP contribution in [0.1, 0.15) is 24.1 Å². The number of ether oxygens (including phenoxy) is 2. The van der Waals surface area contributed by atoms with Gasteiger partial charge in [0, 0.05) is 12.0 Å². The summed E-state index contributed by atoms with van der Waals surface area (Å²) in [5, 5.41) is 0. The van der Waals surface area contributed by atoms with Crippen molar-refractivity contribution in [1.82, 2.24) is 0 Å². The highest BCUT2D eigenvalue weighted by Crippen LogP contribution is 2.32. The number of rotatable bonds is 3. The lowest BCUT2D eigenvalue weighted by atomic mass is 10.0. The molecule has 4 nitrogen and oxygen atoms in total. The van der Waals surface area contributed by atoms with Crippen LogP contribution in [0.5, 0.6) is 5.75 Å². The van der Waals surface area contributed by atoms with Crippen molar-refractivity contribution in [2.45, 2.75) is 19.4 Å². The molecule has 0 radical (unpaired) electrons. The number of hydrogen-bond donors (Lipinski definition) is 1. The van der Waals surface area contributed by atoms with Gasteiger partial charge in [0.15, 0.2) is 0 Å². The fraction of sp³-hybridized carbons (Fsp3) is 0.417. The van der Waals surface area contributed by atoms with Gasteiger partial charge in [0.25, 0.3) is 0 Å². The molecule has 1 heterocycles. The number of nitrogens with two attached hydrogens (primary N) is 1. The molecule has 0 bridgehead atoms. The maximum Gasteiger partial charge on any atom is 0.327 e. The summed E-state index contributed by atoms with van der Waals surface area (Å²) in [6.07, 6.45) is 0.874. The minimum atomic E-state index is -0.756. The topological polar surface area (TPSA) is 61.5 Å². The Morgan fingerprint density at radius 1 is 1.62 bits per heavy atom. The Morgan fingerprint density at radius 2 is 2.44 bits per heavy atom. The molecule has 16 heavy (non-hydrogen) atoms. The molecule has 1 aliphatic heterocycles. The smallest absolute Gasteiger partial charge is 0.327 e. The molecule has 4 heteroatoms. The van der Waals surface area contributed by atoms with Gasteiger partial charge in [-0.15, -0.1) is 0 Å². The van der Waals surface area contributed by atoms with E-state index in [2.05, 4.69) is 0 Å². The second-order valence-corrected chi connectivity index (χ2v) is 3.66. The molecule has 2 rings (SSSR count). The van der Waals surface area contributed by atoms with Crippen LogP contribution in [0.3, 0.4) is 0 Å². The summed E-state index contributed by atoms with van der Waals surface area (Å²) in [7, 11) is 0. The Morgan fingerprint density at radius 3 is 3.19 bits per heavy atom. The standard InChI is InChI=1S/C12H15NO3/c1-2-15-12(14)10(13)9-5-3-4-8-6-7-16-11(8)9/h3-5,10H,2,6-7,13H2,1H3. The zero-order chi connectivity index (χ0) is 11.5. The number of benzene rings is 1. The quantitative estimate of drug-likeness (QED) is 0.779. The fourth-order valence-electron chi connectivity index (χ4n) is 1.84. The van der Waals surface area contributed by atoms with Crippen LogP contribution >= 0.6 is 0 Å². The molecule has 0 saturated carbocycles. The first-order valence-electron chi connectivity index (χ1n) is 5.41. The highest BCUT2D eigenvalue weighted by atomic mass is 16.5. The van der Waals surface area contributed by atoms with Crippen LogP contribution in [-0.4, -0.2) is 19.2 Å². The van der Waals surface area contributed by atoms with Crippen molar-refractivity contribution in [2.75, 3.05) is 13.2 Å². The van der Waals surface area contributed by atoms with E-state index >= 15 is 0 Å². The Balaban J connectivity index is 2.27. The maximum absolute atomic E-state index is 11.5. The van der Waals surface area contributed by atoms with Gasteiger partial charge in [-0.2, -0.15) is 0 Å². The van der Waals surface area contributed by atoms with E-state index in [9.17, 15) is 4.79 Å². The van der Waals surface area contributed by atoms with Gasteiger partial charge >= 0.3 is 5.97 Å². The van der Waals surface area contributed by atoms with Gasteiger partial charge in [0.2, 0.25) is 0 Å². The van der Waals surface area contributed by atoms with Gasteiger partial charge in [-0.05, 0) is 12.5 Å². The second kappa shape index (κ2) is 4.53. The average Bonchev–Trinajstić information content (AvgIpc) is 2.76. The summed E-state index contributed by atoms with van der Waals surface area (Å²) in [5.41, 5.74) is 7.67. The van der Waals surface area contributed by atoms with Crippen LogP contribution in [0.15, 0.2) is 18.2 Å². The Kier molecular flexibility index (Phi) is 3.10. The number of hydrogen-bond acceptors (Lipinski definition) is 4. The van der Waals surface area contributed by atoms with Crippen molar-refractivity contribution in [3.63, 3.8) is 0 Å². The lowest BCUT2D eigenvalue weighted by molar-refractivity contribution is -0.144. The fourth-order valence-corrected chi connectivity index (χ4v) is 1.84. The van der Waals surface area contributed by atoms with Gasteiger partial charge in [0.1, 0.15) is 11.8 Å². The van der Waals surface area contributed by atoms with E-state index in [-0.39, 0.29) is 0 Å². The Labute approximate surface area is 94.3 Å². The summed E-state index contributed by atoms with van der Waals surface area (Å²) in [6.45, 7) is 2.75. The SMILES string of the molecule is CCOC(=O)C(N)c1cccc2c1OCC2. The first-order chi connectivity index (χ1) is 7.74. The summed E-state index contributed by atoms with van der Waals surface area (Å²) < 4.78 is 10.4. The molecular weight excluding hydrogens is 206 g/mol. The van der Waals surface area contributed by atoms with Crippen molar-refractivity contribution >= 4 is 5.97 Å². The molecule has 0 aromatic heterocycles. The van der Waals surface area contributed by atoms with E-state index in [0.29, 0.717) is 18.8 Å². The molecule has 1 atom stereocenters. The van der Waals surface area contributed by atoms with Crippen LogP contribution in [0.2, 0.25) is 0 Å². The summed E-state index contributed by atoms with van der Waals surface area (Å²) >= 11 is 0. The van der Waals surface area contributed by atoms with Crippen LogP contribution in [-0.2, 0) is 16.0 Å². The highest BCUT2D eigenvalue weighted by Gasteiger charge is 2.24. The molecule has 2 N–H and O–H groups in total. The number of carbonyl (C=O) groups excluding carboxylic acids is 1. The number of fused-ring (bicyclic) bond motifs is 1. The van der Waals surface area contributed by atoms with E-state index in [1.165, 1.54) is 0 Å². The summed E-state index contributed by atoms with van der Waals surface area (Å²) in [5.74, 6) is 0.342. The molecule has 0 spiro atoms. The Bertz CT molecular complexity index is 403. The number of esters is 1. The molecule has 86 valence electrons. The maximum atomic E-state index is 11.5. The molecule has 1 aromatic rings. The molecule has 1 unspecified atom stereocenters. The third kappa shape index (κ3) is 1.88. The minimum absolute atomic E-state index is 0.336. The van der Waals surface area contributed by atoms with E-state index in [0.717, 1.165) is 17.7 Å². The monoisotopic (exact) mass is 221 g/mol. The zero-order valence-electron chi connectivity index (χ0n) is 9.23. The van der Waals surface area contributed by atoms with Crippen LogP contribution < -0.4 is 10.5 Å². The zero-order valence-corrected chi connectivity index (χ0v) is 9.23. The predicted octanol–water partition coefficient (Wildman–Crippen LogP) is 1.18. The molecular formula is C12H15NO3. The van der Waals surface area contributed by atoms with Crippen LogP contribution in [0.25, 0.3) is 0 Å². The second-order valence-electron chi connectivity index (χ2n) is 3.66. The largest absolute Gasteiger partial charge is 0.493 e. The Hall–Kier alpha value is -1.55. The first kappa shape index (κ1) is 11.0. The molecule has 0 amide bonds. The van der Waals surface area contributed by atoms with Gasteiger partial charge < -0.3 is 15.2 Å². The van der Waals surface area contributed by atoms with Gasteiger partial charge in [-0.3, -0.25) is 0 Å². The number of para-hydroxylation sites is 1. The van der Waals surface area contributed by atoms with Crippen molar-refractivity contribution < 1.29 is 14.3 Å². The van der Waals surface area contributed by atoms with Gasteiger partial charge in [-0.1, -0.05) is 18.2 Å². The van der Waals surface area contributed by atoms with Crippen LogP contribution in [0, 0.1) is 0 Å². The van der Waals surface area contributed by atoms with E-state index in [4.69, 9.17) is 15.2 Å². The summed E-state index contributed by atoms with van der Waals surface area (Å²) in [4.78, 5) is 11.5. The molecule has 1 aromatic carbocycles. The lowest BCUT2D eigenvalue weighted by Crippen LogP contribution is -2.24. The van der Waals surface area contributed by atoms with Crippen LogP contribution in [0.4, 0.5) is 0 Å². The molecule has 0 aliphatic carbocycles. The average molecular weight is 221 g/mol. The van der Waals surface area contributed by atoms with Crippen molar-refractivity contribution in [3.05, 3.63) is 29.3 Å². The highest BCUT2D eigenvalue weighted by molar-refractivity contribution is 5.78.